The van der Waals surface area contributed by atoms with E-state index in [1.54, 1.807) is 0 Å². The Labute approximate surface area is 144 Å². The lowest BCUT2D eigenvalue weighted by Gasteiger charge is -2.45. The summed E-state index contributed by atoms with van der Waals surface area (Å²) in [7, 11) is 1.93. The molecule has 0 bridgehead atoms. The predicted octanol–water partition coefficient (Wildman–Crippen LogP) is 2.49. The monoisotopic (exact) mass is 329 g/mol. The maximum absolute atomic E-state index is 12.7. The summed E-state index contributed by atoms with van der Waals surface area (Å²) in [6.45, 7) is 3.81. The predicted molar refractivity (Wildman–Crippen MR) is 94.7 cm³/mol. The minimum atomic E-state index is -0.107. The van der Waals surface area contributed by atoms with Gasteiger partial charge < -0.3 is 10.2 Å². The van der Waals surface area contributed by atoms with Crippen LogP contribution in [0.1, 0.15) is 39.0 Å². The van der Waals surface area contributed by atoms with Crippen LogP contribution in [0.25, 0.3) is 0 Å². The average Bonchev–Trinajstić information content (AvgIpc) is 2.87. The molecule has 2 aliphatic heterocycles. The lowest BCUT2D eigenvalue weighted by atomic mass is 9.84. The number of carbonyl (C=O) groups is 2. The molecular formula is C19H27N3O2. The van der Waals surface area contributed by atoms with Crippen LogP contribution in [-0.4, -0.2) is 53.3 Å². The number of nitrogens with one attached hydrogen (secondary N) is 1. The zero-order chi connectivity index (χ0) is 17.2. The average molecular weight is 329 g/mol. The van der Waals surface area contributed by atoms with Gasteiger partial charge in [0.2, 0.25) is 11.8 Å². The van der Waals surface area contributed by atoms with Gasteiger partial charge in [0, 0.05) is 37.8 Å². The third-order valence-electron chi connectivity index (χ3n) is 5.79. The second-order valence-electron chi connectivity index (χ2n) is 6.99. The number of para-hydroxylation sites is 1. The number of hydrogen-bond acceptors (Lipinski definition) is 3. The van der Waals surface area contributed by atoms with Crippen molar-refractivity contribution in [1.29, 1.82) is 0 Å². The molecule has 5 heteroatoms. The van der Waals surface area contributed by atoms with E-state index < -0.39 is 0 Å². The van der Waals surface area contributed by atoms with Crippen LogP contribution in [0.15, 0.2) is 30.3 Å². The van der Waals surface area contributed by atoms with Gasteiger partial charge in [0.25, 0.3) is 0 Å². The minimum Gasteiger partial charge on any atom is -0.340 e. The van der Waals surface area contributed by atoms with Crippen molar-refractivity contribution in [3.05, 3.63) is 30.3 Å². The molecule has 2 fully saturated rings. The molecule has 0 radical (unpaired) electrons. The number of carbonyl (C=O) groups excluding carboxylic acids is 2. The molecule has 1 atom stereocenters. The summed E-state index contributed by atoms with van der Waals surface area (Å²) in [5.74, 6) is 0.327. The normalized spacial score (nSPS) is 21.9. The molecule has 1 aromatic rings. The third-order valence-corrected chi connectivity index (χ3v) is 5.79. The Morgan fingerprint density at radius 1 is 1.21 bits per heavy atom. The van der Waals surface area contributed by atoms with Gasteiger partial charge >= 0.3 is 0 Å². The van der Waals surface area contributed by atoms with E-state index in [1.165, 1.54) is 0 Å². The first-order valence-electron chi connectivity index (χ1n) is 8.92. The van der Waals surface area contributed by atoms with Gasteiger partial charge in [0.15, 0.2) is 0 Å². The van der Waals surface area contributed by atoms with Crippen molar-refractivity contribution in [2.45, 2.75) is 50.6 Å². The molecule has 2 saturated heterocycles. The molecule has 2 heterocycles. The zero-order valence-electron chi connectivity index (χ0n) is 14.6. The van der Waals surface area contributed by atoms with E-state index in [4.69, 9.17) is 0 Å². The largest absolute Gasteiger partial charge is 0.340 e. The van der Waals surface area contributed by atoms with Crippen molar-refractivity contribution >= 4 is 17.5 Å². The first-order chi connectivity index (χ1) is 11.6. The van der Waals surface area contributed by atoms with E-state index in [1.807, 2.05) is 42.3 Å². The standard InChI is InChI=1S/C19H27N3O2/c1-3-16(18(24)20-15-7-5-4-6-8-15)22-13-11-19(12-14-22)10-9-17(23)21(19)2/h4-8,16H,3,9-14H2,1-2H3,(H,20,24)/t16-/m0/s1. The van der Waals surface area contributed by atoms with Gasteiger partial charge in [-0.05, 0) is 37.8 Å². The molecule has 0 saturated carbocycles. The molecule has 2 amide bonds. The van der Waals surface area contributed by atoms with Crippen molar-refractivity contribution in [3.63, 3.8) is 0 Å². The van der Waals surface area contributed by atoms with Crippen LogP contribution in [0.5, 0.6) is 0 Å². The van der Waals surface area contributed by atoms with Gasteiger partial charge in [-0.25, -0.2) is 0 Å². The number of anilines is 1. The highest BCUT2D eigenvalue weighted by molar-refractivity contribution is 5.94. The fraction of sp³-hybridized carbons (Fsp3) is 0.579. The summed E-state index contributed by atoms with van der Waals surface area (Å²) in [6, 6.07) is 9.51. The quantitative estimate of drug-likeness (QED) is 0.923. The first-order valence-corrected chi connectivity index (χ1v) is 8.92. The van der Waals surface area contributed by atoms with Gasteiger partial charge in [0.05, 0.1) is 6.04 Å². The van der Waals surface area contributed by atoms with Gasteiger partial charge in [0.1, 0.15) is 0 Å². The Morgan fingerprint density at radius 2 is 1.88 bits per heavy atom. The van der Waals surface area contributed by atoms with Crippen LogP contribution in [0.3, 0.4) is 0 Å². The van der Waals surface area contributed by atoms with Crippen LogP contribution < -0.4 is 5.32 Å². The molecule has 1 N–H and O–H groups in total. The van der Waals surface area contributed by atoms with Crippen molar-refractivity contribution in [2.75, 3.05) is 25.5 Å². The highest BCUT2D eigenvalue weighted by Crippen LogP contribution is 2.38. The Kier molecular flexibility index (Phi) is 4.90. The van der Waals surface area contributed by atoms with E-state index in [9.17, 15) is 9.59 Å². The van der Waals surface area contributed by atoms with E-state index in [2.05, 4.69) is 17.1 Å². The second-order valence-corrected chi connectivity index (χ2v) is 6.99. The highest BCUT2D eigenvalue weighted by Gasteiger charge is 2.45. The van der Waals surface area contributed by atoms with Crippen molar-refractivity contribution in [1.82, 2.24) is 9.80 Å². The fourth-order valence-electron chi connectivity index (χ4n) is 4.13. The van der Waals surface area contributed by atoms with Crippen LogP contribution in [0, 0.1) is 0 Å². The van der Waals surface area contributed by atoms with Gasteiger partial charge in [-0.15, -0.1) is 0 Å². The number of amides is 2. The number of hydrogen-bond donors (Lipinski definition) is 1. The van der Waals surface area contributed by atoms with Crippen molar-refractivity contribution in [2.24, 2.45) is 0 Å². The molecular weight excluding hydrogens is 302 g/mol. The molecule has 0 unspecified atom stereocenters. The molecule has 1 spiro atoms. The Hall–Kier alpha value is -1.88. The maximum Gasteiger partial charge on any atom is 0.241 e. The summed E-state index contributed by atoms with van der Waals surface area (Å²) in [6.07, 6.45) is 4.35. The lowest BCUT2D eigenvalue weighted by molar-refractivity contribution is -0.132. The summed E-state index contributed by atoms with van der Waals surface area (Å²) in [4.78, 5) is 28.8. The van der Waals surface area contributed by atoms with Crippen LogP contribution in [-0.2, 0) is 9.59 Å². The molecule has 3 rings (SSSR count). The molecule has 5 nitrogen and oxygen atoms in total. The Bertz CT molecular complexity index is 594. The smallest absolute Gasteiger partial charge is 0.241 e. The summed E-state index contributed by atoms with van der Waals surface area (Å²) in [5.41, 5.74) is 0.873. The Balaban J connectivity index is 1.61. The zero-order valence-corrected chi connectivity index (χ0v) is 14.6. The number of nitrogens with zero attached hydrogens (tertiary/aromatic N) is 2. The first kappa shape index (κ1) is 17.0. The summed E-state index contributed by atoms with van der Waals surface area (Å²) in [5, 5.41) is 3.02. The van der Waals surface area contributed by atoms with E-state index in [0.717, 1.165) is 44.5 Å². The minimum absolute atomic E-state index is 0.0295. The lowest BCUT2D eigenvalue weighted by Crippen LogP contribution is -2.55. The number of benzene rings is 1. The third kappa shape index (κ3) is 3.18. The van der Waals surface area contributed by atoms with Crippen LogP contribution in [0.4, 0.5) is 5.69 Å². The van der Waals surface area contributed by atoms with Gasteiger partial charge in [-0.3, -0.25) is 14.5 Å². The van der Waals surface area contributed by atoms with Crippen LogP contribution >= 0.6 is 0 Å². The Morgan fingerprint density at radius 3 is 2.42 bits per heavy atom. The van der Waals surface area contributed by atoms with Gasteiger partial charge in [-0.1, -0.05) is 25.1 Å². The number of piperidine rings is 1. The molecule has 1 aromatic carbocycles. The molecule has 2 aliphatic rings. The SMILES string of the molecule is CC[C@@H](C(=O)Nc1ccccc1)N1CCC2(CCC(=O)N2C)CC1. The molecule has 130 valence electrons. The van der Waals surface area contributed by atoms with Gasteiger partial charge in [-0.2, -0.15) is 0 Å². The highest BCUT2D eigenvalue weighted by atomic mass is 16.2. The van der Waals surface area contributed by atoms with E-state index >= 15 is 0 Å². The number of likely N-dealkylation sites (tertiary alicyclic amines) is 2. The second kappa shape index (κ2) is 6.93. The molecule has 0 aromatic heterocycles. The molecule has 0 aliphatic carbocycles. The van der Waals surface area contributed by atoms with E-state index in [-0.39, 0.29) is 23.4 Å². The van der Waals surface area contributed by atoms with Crippen LogP contribution in [0.2, 0.25) is 0 Å². The summed E-state index contributed by atoms with van der Waals surface area (Å²) < 4.78 is 0. The van der Waals surface area contributed by atoms with E-state index in [0.29, 0.717) is 6.42 Å². The van der Waals surface area contributed by atoms with Crippen molar-refractivity contribution in [3.8, 4) is 0 Å². The summed E-state index contributed by atoms with van der Waals surface area (Å²) >= 11 is 0. The number of rotatable bonds is 4. The maximum atomic E-state index is 12.7. The fourth-order valence-corrected chi connectivity index (χ4v) is 4.13. The molecule has 24 heavy (non-hydrogen) atoms. The van der Waals surface area contributed by atoms with Crippen molar-refractivity contribution < 1.29 is 9.59 Å². The topological polar surface area (TPSA) is 52.7 Å².